The van der Waals surface area contributed by atoms with E-state index in [4.69, 9.17) is 4.52 Å². The Bertz CT molecular complexity index is 269. The molecule has 1 unspecified atom stereocenters. The van der Waals surface area contributed by atoms with Gasteiger partial charge in [-0.25, -0.2) is 0 Å². The van der Waals surface area contributed by atoms with Gasteiger partial charge < -0.3 is 9.84 Å². The first-order chi connectivity index (χ1) is 6.36. The molecule has 1 fully saturated rings. The molecule has 0 aromatic carbocycles. The minimum atomic E-state index is 0. The Morgan fingerprint density at radius 3 is 2.93 bits per heavy atom. The van der Waals surface area contributed by atoms with Crippen molar-refractivity contribution in [1.82, 2.24) is 15.5 Å². The number of nitrogens with one attached hydrogen (secondary N) is 1. The molecule has 0 amide bonds. The maximum atomic E-state index is 4.96. The number of rotatable bonds is 1. The highest BCUT2D eigenvalue weighted by Crippen LogP contribution is 2.19. The summed E-state index contributed by atoms with van der Waals surface area (Å²) in [7, 11) is 0. The minimum Gasteiger partial charge on any atom is -0.340 e. The van der Waals surface area contributed by atoms with Gasteiger partial charge in [0.1, 0.15) is 0 Å². The lowest BCUT2D eigenvalue weighted by Gasteiger charge is -2.09. The normalized spacial score (nSPS) is 22.5. The van der Waals surface area contributed by atoms with Crippen molar-refractivity contribution in [3.05, 3.63) is 11.7 Å². The molecule has 1 aromatic heterocycles. The quantitative estimate of drug-likeness (QED) is 0.782. The predicted molar refractivity (Wildman–Crippen MR) is 55.5 cm³/mol. The molecule has 0 saturated carbocycles. The molecule has 1 N–H and O–H groups in total. The second kappa shape index (κ2) is 5.32. The van der Waals surface area contributed by atoms with Crippen molar-refractivity contribution in [3.8, 4) is 0 Å². The molecule has 0 aliphatic carbocycles. The average molecular weight is 218 g/mol. The van der Waals surface area contributed by atoms with Crippen LogP contribution in [0.5, 0.6) is 0 Å². The average Bonchev–Trinajstić information content (AvgIpc) is 2.43. The lowest BCUT2D eigenvalue weighted by Crippen LogP contribution is -2.21. The van der Waals surface area contributed by atoms with E-state index in [2.05, 4.69) is 15.5 Å². The molecule has 1 aliphatic heterocycles. The molecule has 2 rings (SSSR count). The van der Waals surface area contributed by atoms with Crippen molar-refractivity contribution in [2.45, 2.75) is 38.6 Å². The number of hydrogen-bond acceptors (Lipinski definition) is 4. The maximum Gasteiger partial charge on any atom is 0.223 e. The fourth-order valence-electron chi connectivity index (χ4n) is 1.71. The second-order valence-electron chi connectivity index (χ2n) is 3.53. The number of aromatic nitrogens is 2. The largest absolute Gasteiger partial charge is 0.340 e. The van der Waals surface area contributed by atoms with Gasteiger partial charge in [-0.05, 0) is 19.4 Å². The van der Waals surface area contributed by atoms with Crippen LogP contribution in [-0.4, -0.2) is 16.7 Å². The highest BCUT2D eigenvalue weighted by molar-refractivity contribution is 5.85. The van der Waals surface area contributed by atoms with E-state index in [1.165, 1.54) is 19.3 Å². The lowest BCUT2D eigenvalue weighted by atomic mass is 10.1. The Morgan fingerprint density at radius 1 is 1.36 bits per heavy atom. The molecule has 14 heavy (non-hydrogen) atoms. The monoisotopic (exact) mass is 217 g/mol. The van der Waals surface area contributed by atoms with Gasteiger partial charge >= 0.3 is 0 Å². The van der Waals surface area contributed by atoms with Gasteiger partial charge in [0.15, 0.2) is 5.82 Å². The zero-order valence-electron chi connectivity index (χ0n) is 8.32. The molecule has 4 nitrogen and oxygen atoms in total. The molecule has 0 bridgehead atoms. The minimum absolute atomic E-state index is 0. The second-order valence-corrected chi connectivity index (χ2v) is 3.53. The van der Waals surface area contributed by atoms with E-state index in [9.17, 15) is 0 Å². The number of nitrogens with zero attached hydrogens (tertiary/aromatic N) is 2. The van der Waals surface area contributed by atoms with E-state index in [0.29, 0.717) is 11.9 Å². The van der Waals surface area contributed by atoms with Gasteiger partial charge in [-0.3, -0.25) is 0 Å². The van der Waals surface area contributed by atoms with Crippen LogP contribution >= 0.6 is 12.4 Å². The van der Waals surface area contributed by atoms with Crippen LogP contribution in [0.2, 0.25) is 0 Å². The summed E-state index contributed by atoms with van der Waals surface area (Å²) >= 11 is 0. The molecule has 1 aromatic rings. The van der Waals surface area contributed by atoms with Gasteiger partial charge in [0.05, 0.1) is 6.04 Å². The van der Waals surface area contributed by atoms with Crippen LogP contribution in [0.4, 0.5) is 0 Å². The van der Waals surface area contributed by atoms with E-state index in [-0.39, 0.29) is 12.4 Å². The van der Waals surface area contributed by atoms with Crippen LogP contribution in [0.25, 0.3) is 0 Å². The Morgan fingerprint density at radius 2 is 2.21 bits per heavy atom. The van der Waals surface area contributed by atoms with E-state index < -0.39 is 0 Å². The topological polar surface area (TPSA) is 51.0 Å². The standard InChI is InChI=1S/C9H15N3O.ClH/c1-7-11-9(12-13-7)8-5-3-2-4-6-10-8;/h8,10H,2-6H2,1H3;1H. The molecule has 0 spiro atoms. The summed E-state index contributed by atoms with van der Waals surface area (Å²) in [5.41, 5.74) is 0. The highest BCUT2D eigenvalue weighted by Gasteiger charge is 2.17. The van der Waals surface area contributed by atoms with Crippen molar-refractivity contribution < 1.29 is 4.52 Å². The third-order valence-electron chi connectivity index (χ3n) is 2.42. The van der Waals surface area contributed by atoms with Crippen molar-refractivity contribution in [1.29, 1.82) is 0 Å². The summed E-state index contributed by atoms with van der Waals surface area (Å²) in [5, 5.41) is 7.36. The van der Waals surface area contributed by atoms with E-state index >= 15 is 0 Å². The van der Waals surface area contributed by atoms with Gasteiger partial charge in [-0.1, -0.05) is 18.0 Å². The Kier molecular flexibility index (Phi) is 4.35. The molecule has 2 heterocycles. The van der Waals surface area contributed by atoms with Crippen LogP contribution in [0, 0.1) is 6.92 Å². The molecular formula is C9H16ClN3O. The van der Waals surface area contributed by atoms with Crippen LogP contribution in [0.1, 0.15) is 43.4 Å². The lowest BCUT2D eigenvalue weighted by molar-refractivity contribution is 0.375. The molecule has 1 aliphatic rings. The van der Waals surface area contributed by atoms with Crippen molar-refractivity contribution in [2.24, 2.45) is 0 Å². The maximum absolute atomic E-state index is 4.96. The summed E-state index contributed by atoms with van der Waals surface area (Å²) in [5.74, 6) is 1.47. The number of halogens is 1. The number of hydrogen-bond donors (Lipinski definition) is 1. The third-order valence-corrected chi connectivity index (χ3v) is 2.42. The Balaban J connectivity index is 0.000000980. The molecular weight excluding hydrogens is 202 g/mol. The molecule has 1 saturated heterocycles. The molecule has 0 radical (unpaired) electrons. The summed E-state index contributed by atoms with van der Waals surface area (Å²) in [6, 6.07) is 0.306. The van der Waals surface area contributed by atoms with Gasteiger partial charge in [-0.15, -0.1) is 12.4 Å². The van der Waals surface area contributed by atoms with Gasteiger partial charge in [-0.2, -0.15) is 4.98 Å². The van der Waals surface area contributed by atoms with Gasteiger partial charge in [0.2, 0.25) is 5.89 Å². The smallest absolute Gasteiger partial charge is 0.223 e. The van der Waals surface area contributed by atoms with Crippen LogP contribution in [-0.2, 0) is 0 Å². The third kappa shape index (κ3) is 2.69. The molecule has 80 valence electrons. The van der Waals surface area contributed by atoms with Crippen LogP contribution < -0.4 is 5.32 Å². The first kappa shape index (κ1) is 11.5. The summed E-state index contributed by atoms with van der Waals surface area (Å²) in [6.07, 6.45) is 4.94. The van der Waals surface area contributed by atoms with Gasteiger partial charge in [0.25, 0.3) is 0 Å². The zero-order valence-corrected chi connectivity index (χ0v) is 9.14. The van der Waals surface area contributed by atoms with Crippen molar-refractivity contribution in [3.63, 3.8) is 0 Å². The fourth-order valence-corrected chi connectivity index (χ4v) is 1.71. The fraction of sp³-hybridized carbons (Fsp3) is 0.778. The highest BCUT2D eigenvalue weighted by atomic mass is 35.5. The van der Waals surface area contributed by atoms with Gasteiger partial charge in [0, 0.05) is 6.92 Å². The Hall–Kier alpha value is -0.610. The van der Waals surface area contributed by atoms with Crippen LogP contribution in [0.3, 0.4) is 0 Å². The summed E-state index contributed by atoms with van der Waals surface area (Å²) in [6.45, 7) is 2.89. The summed E-state index contributed by atoms with van der Waals surface area (Å²) < 4.78 is 4.96. The van der Waals surface area contributed by atoms with Crippen LogP contribution in [0.15, 0.2) is 4.52 Å². The van der Waals surface area contributed by atoms with Crippen molar-refractivity contribution >= 4 is 12.4 Å². The SMILES string of the molecule is Cc1nc(C2CCCCCN2)no1.Cl. The Labute approximate surface area is 89.9 Å². The first-order valence-electron chi connectivity index (χ1n) is 4.90. The van der Waals surface area contributed by atoms with E-state index in [0.717, 1.165) is 18.8 Å². The van der Waals surface area contributed by atoms with E-state index in [1.54, 1.807) is 0 Å². The first-order valence-corrected chi connectivity index (χ1v) is 4.90. The molecule has 5 heteroatoms. The zero-order chi connectivity index (χ0) is 9.10. The summed E-state index contributed by atoms with van der Waals surface area (Å²) in [4.78, 5) is 4.24. The predicted octanol–water partition coefficient (Wildman–Crippen LogP) is 2.00. The number of aryl methyl sites for hydroxylation is 1. The van der Waals surface area contributed by atoms with Crippen molar-refractivity contribution in [2.75, 3.05) is 6.54 Å². The van der Waals surface area contributed by atoms with E-state index in [1.807, 2.05) is 6.92 Å². The molecule has 1 atom stereocenters.